The summed E-state index contributed by atoms with van der Waals surface area (Å²) in [7, 11) is 0. The molecule has 3 N–H and O–H groups in total. The molecule has 16 heavy (non-hydrogen) atoms. The summed E-state index contributed by atoms with van der Waals surface area (Å²) >= 11 is 0. The first-order chi connectivity index (χ1) is 7.77. The Labute approximate surface area is 98.0 Å². The first-order valence-corrected chi connectivity index (χ1v) is 5.99. The van der Waals surface area contributed by atoms with Crippen molar-refractivity contribution in [3.63, 3.8) is 0 Å². The third-order valence-electron chi connectivity index (χ3n) is 2.44. The van der Waals surface area contributed by atoms with Crippen molar-refractivity contribution >= 4 is 5.69 Å². The van der Waals surface area contributed by atoms with E-state index >= 15 is 0 Å². The Morgan fingerprint density at radius 1 is 1.31 bits per heavy atom. The highest BCUT2D eigenvalue weighted by molar-refractivity contribution is 5.54. The zero-order chi connectivity index (χ0) is 11.8. The lowest BCUT2D eigenvalue weighted by atomic mass is 10.1. The zero-order valence-corrected chi connectivity index (χ0v) is 10.3. The Balaban J connectivity index is 2.46. The summed E-state index contributed by atoms with van der Waals surface area (Å²) in [4.78, 5) is 0. The van der Waals surface area contributed by atoms with E-state index in [2.05, 4.69) is 18.3 Å². The average Bonchev–Trinajstić information content (AvgIpc) is 2.28. The van der Waals surface area contributed by atoms with Crippen LogP contribution in [0.15, 0.2) is 18.2 Å². The van der Waals surface area contributed by atoms with Crippen LogP contribution in [0.1, 0.15) is 25.8 Å². The molecule has 0 saturated heterocycles. The molecule has 0 atom stereocenters. The number of hydrogen-bond acceptors (Lipinski definition) is 3. The Morgan fingerprint density at radius 2 is 2.12 bits per heavy atom. The standard InChI is InChI=1S/C13H22N2O/c1-3-15-9-5-6-11-7-8-13(16-4-2)12(14)10-11/h7-8,10,15H,3-6,9,14H2,1-2H3. The molecule has 0 unspecified atom stereocenters. The van der Waals surface area contributed by atoms with Gasteiger partial charge in [-0.25, -0.2) is 0 Å². The van der Waals surface area contributed by atoms with Gasteiger partial charge in [-0.05, 0) is 50.6 Å². The van der Waals surface area contributed by atoms with Crippen LogP contribution in [0, 0.1) is 0 Å². The second kappa shape index (κ2) is 7.12. The molecule has 1 aromatic carbocycles. The van der Waals surface area contributed by atoms with Crippen LogP contribution in [0.3, 0.4) is 0 Å². The number of rotatable bonds is 7. The molecule has 3 nitrogen and oxygen atoms in total. The third kappa shape index (κ3) is 4.11. The summed E-state index contributed by atoms with van der Waals surface area (Å²) in [5.41, 5.74) is 7.91. The average molecular weight is 222 g/mol. The summed E-state index contributed by atoms with van der Waals surface area (Å²) in [5, 5.41) is 3.31. The predicted molar refractivity (Wildman–Crippen MR) is 68.9 cm³/mol. The first kappa shape index (κ1) is 12.8. The van der Waals surface area contributed by atoms with E-state index in [0.717, 1.165) is 37.4 Å². The van der Waals surface area contributed by atoms with Crippen LogP contribution in [0.5, 0.6) is 5.75 Å². The summed E-state index contributed by atoms with van der Waals surface area (Å²) in [6, 6.07) is 6.06. The monoisotopic (exact) mass is 222 g/mol. The predicted octanol–water partition coefficient (Wildman–Crippen LogP) is 2.21. The van der Waals surface area contributed by atoms with Gasteiger partial charge in [0, 0.05) is 0 Å². The van der Waals surface area contributed by atoms with Crippen molar-refractivity contribution in [1.82, 2.24) is 5.32 Å². The molecule has 0 aliphatic carbocycles. The van der Waals surface area contributed by atoms with Crippen molar-refractivity contribution in [2.75, 3.05) is 25.4 Å². The maximum atomic E-state index is 5.90. The summed E-state index contributed by atoms with van der Waals surface area (Å²) in [6.45, 7) is 6.83. The van der Waals surface area contributed by atoms with Gasteiger partial charge in [0.25, 0.3) is 0 Å². The van der Waals surface area contributed by atoms with Gasteiger partial charge < -0.3 is 15.8 Å². The quantitative estimate of drug-likeness (QED) is 0.549. The van der Waals surface area contributed by atoms with Gasteiger partial charge in [0.1, 0.15) is 5.75 Å². The van der Waals surface area contributed by atoms with E-state index < -0.39 is 0 Å². The second-order valence-corrected chi connectivity index (χ2v) is 3.76. The van der Waals surface area contributed by atoms with Crippen molar-refractivity contribution in [1.29, 1.82) is 0 Å². The van der Waals surface area contributed by atoms with Crippen LogP contribution in [0.4, 0.5) is 5.69 Å². The van der Waals surface area contributed by atoms with Crippen LogP contribution < -0.4 is 15.8 Å². The van der Waals surface area contributed by atoms with Gasteiger partial charge in [-0.15, -0.1) is 0 Å². The molecule has 0 aliphatic rings. The number of hydrogen-bond donors (Lipinski definition) is 2. The van der Waals surface area contributed by atoms with Crippen LogP contribution in [0.2, 0.25) is 0 Å². The third-order valence-corrected chi connectivity index (χ3v) is 2.44. The number of nitrogens with one attached hydrogen (secondary N) is 1. The summed E-state index contributed by atoms with van der Waals surface area (Å²) < 4.78 is 5.40. The number of anilines is 1. The maximum Gasteiger partial charge on any atom is 0.142 e. The normalized spacial score (nSPS) is 10.4. The van der Waals surface area contributed by atoms with Gasteiger partial charge in [0.2, 0.25) is 0 Å². The summed E-state index contributed by atoms with van der Waals surface area (Å²) in [6.07, 6.45) is 2.20. The molecule has 90 valence electrons. The van der Waals surface area contributed by atoms with Crippen molar-refractivity contribution in [3.8, 4) is 5.75 Å². The molecular formula is C13H22N2O. The molecule has 0 spiro atoms. The van der Waals surface area contributed by atoms with Crippen LogP contribution in [0.25, 0.3) is 0 Å². The minimum absolute atomic E-state index is 0.657. The second-order valence-electron chi connectivity index (χ2n) is 3.76. The van der Waals surface area contributed by atoms with E-state index in [0.29, 0.717) is 6.61 Å². The highest BCUT2D eigenvalue weighted by Gasteiger charge is 2.01. The van der Waals surface area contributed by atoms with E-state index in [-0.39, 0.29) is 0 Å². The largest absolute Gasteiger partial charge is 0.492 e. The zero-order valence-electron chi connectivity index (χ0n) is 10.3. The minimum Gasteiger partial charge on any atom is -0.492 e. The molecule has 0 amide bonds. The van der Waals surface area contributed by atoms with E-state index in [1.807, 2.05) is 19.1 Å². The first-order valence-electron chi connectivity index (χ1n) is 5.99. The number of nitrogens with two attached hydrogens (primary N) is 1. The highest BCUT2D eigenvalue weighted by Crippen LogP contribution is 2.22. The lowest BCUT2D eigenvalue weighted by Gasteiger charge is -2.08. The fourth-order valence-electron chi connectivity index (χ4n) is 1.63. The van der Waals surface area contributed by atoms with Gasteiger partial charge in [-0.3, -0.25) is 0 Å². The number of ether oxygens (including phenoxy) is 1. The topological polar surface area (TPSA) is 47.3 Å². The maximum absolute atomic E-state index is 5.90. The van der Waals surface area contributed by atoms with E-state index in [9.17, 15) is 0 Å². The number of benzene rings is 1. The van der Waals surface area contributed by atoms with Crippen LogP contribution >= 0.6 is 0 Å². The van der Waals surface area contributed by atoms with Gasteiger partial charge in [0.15, 0.2) is 0 Å². The van der Waals surface area contributed by atoms with Gasteiger partial charge >= 0.3 is 0 Å². The molecule has 1 rings (SSSR count). The fraction of sp³-hybridized carbons (Fsp3) is 0.538. The fourth-order valence-corrected chi connectivity index (χ4v) is 1.63. The molecular weight excluding hydrogens is 200 g/mol. The Bertz CT molecular complexity index is 313. The van der Waals surface area contributed by atoms with E-state index in [4.69, 9.17) is 10.5 Å². The van der Waals surface area contributed by atoms with Gasteiger partial charge in [-0.1, -0.05) is 13.0 Å². The molecule has 0 radical (unpaired) electrons. The highest BCUT2D eigenvalue weighted by atomic mass is 16.5. The van der Waals surface area contributed by atoms with E-state index in [1.165, 1.54) is 5.56 Å². The van der Waals surface area contributed by atoms with Crippen LogP contribution in [-0.4, -0.2) is 19.7 Å². The molecule has 3 heteroatoms. The molecule has 0 saturated carbocycles. The number of nitrogen functional groups attached to an aromatic ring is 1. The smallest absolute Gasteiger partial charge is 0.142 e. The molecule has 0 fully saturated rings. The van der Waals surface area contributed by atoms with E-state index in [1.54, 1.807) is 0 Å². The lowest BCUT2D eigenvalue weighted by molar-refractivity contribution is 0.342. The van der Waals surface area contributed by atoms with Crippen LogP contribution in [-0.2, 0) is 6.42 Å². The molecule has 1 aromatic rings. The lowest BCUT2D eigenvalue weighted by Crippen LogP contribution is -2.14. The molecule has 0 heterocycles. The van der Waals surface area contributed by atoms with Crippen molar-refractivity contribution in [2.45, 2.75) is 26.7 Å². The Hall–Kier alpha value is -1.22. The van der Waals surface area contributed by atoms with Gasteiger partial charge in [-0.2, -0.15) is 0 Å². The van der Waals surface area contributed by atoms with Crippen molar-refractivity contribution in [3.05, 3.63) is 23.8 Å². The number of aryl methyl sites for hydroxylation is 1. The Kier molecular flexibility index (Phi) is 5.72. The Morgan fingerprint density at radius 3 is 2.75 bits per heavy atom. The SMILES string of the molecule is CCNCCCc1ccc(OCC)c(N)c1. The summed E-state index contributed by atoms with van der Waals surface area (Å²) in [5.74, 6) is 0.790. The molecule has 0 bridgehead atoms. The molecule has 0 aliphatic heterocycles. The van der Waals surface area contributed by atoms with Crippen molar-refractivity contribution < 1.29 is 4.74 Å². The minimum atomic E-state index is 0.657. The van der Waals surface area contributed by atoms with Crippen molar-refractivity contribution in [2.24, 2.45) is 0 Å². The molecule has 0 aromatic heterocycles. The van der Waals surface area contributed by atoms with Gasteiger partial charge in [0.05, 0.1) is 12.3 Å².